The van der Waals surface area contributed by atoms with Crippen LogP contribution in [0.3, 0.4) is 0 Å². The summed E-state index contributed by atoms with van der Waals surface area (Å²) in [5.41, 5.74) is 17.5. The van der Waals surface area contributed by atoms with Gasteiger partial charge in [0.2, 0.25) is 0 Å². The summed E-state index contributed by atoms with van der Waals surface area (Å²) in [7, 11) is 0. The molecule has 1 heterocycles. The summed E-state index contributed by atoms with van der Waals surface area (Å²) in [5, 5.41) is 1.70. The minimum Gasteiger partial charge on any atom is -0.395 e. The third-order valence-electron chi connectivity index (χ3n) is 2.01. The third-order valence-corrected chi connectivity index (χ3v) is 2.01. The molecule has 0 saturated carbocycles. The minimum atomic E-state index is 0.288. The summed E-state index contributed by atoms with van der Waals surface area (Å²) in [6.45, 7) is 0. The molecule has 4 heteroatoms. The van der Waals surface area contributed by atoms with Crippen LogP contribution in [0.4, 0.5) is 17.3 Å². The molecule has 0 aliphatic heterocycles. The van der Waals surface area contributed by atoms with Gasteiger partial charge in [0, 0.05) is 10.8 Å². The number of hydrogen-bond acceptors (Lipinski definition) is 4. The number of nitrogen functional groups attached to an aromatic ring is 3. The fourth-order valence-electron chi connectivity index (χ4n) is 1.33. The lowest BCUT2D eigenvalue weighted by Gasteiger charge is -2.06. The second kappa shape index (κ2) is 2.52. The van der Waals surface area contributed by atoms with Crippen molar-refractivity contribution in [1.82, 2.24) is 4.98 Å². The van der Waals surface area contributed by atoms with E-state index < -0.39 is 0 Å². The zero-order chi connectivity index (χ0) is 9.42. The Kier molecular flexibility index (Phi) is 1.48. The van der Waals surface area contributed by atoms with Gasteiger partial charge in [-0.2, -0.15) is 0 Å². The molecule has 0 unspecified atom stereocenters. The highest BCUT2D eigenvalue weighted by atomic mass is 14.9. The summed E-state index contributed by atoms with van der Waals surface area (Å²) in [4.78, 5) is 3.93. The molecule has 13 heavy (non-hydrogen) atoms. The Hall–Kier alpha value is -1.97. The molecule has 6 N–H and O–H groups in total. The van der Waals surface area contributed by atoms with Crippen LogP contribution in [0.25, 0.3) is 10.8 Å². The van der Waals surface area contributed by atoms with Crippen molar-refractivity contribution in [2.24, 2.45) is 0 Å². The van der Waals surface area contributed by atoms with Crippen molar-refractivity contribution in [3.05, 3.63) is 24.3 Å². The summed E-state index contributed by atoms with van der Waals surface area (Å²) < 4.78 is 0. The molecular formula is C9H10N4. The lowest BCUT2D eigenvalue weighted by atomic mass is 10.1. The van der Waals surface area contributed by atoms with Crippen molar-refractivity contribution in [2.45, 2.75) is 0 Å². The van der Waals surface area contributed by atoms with Crippen LogP contribution in [0.1, 0.15) is 0 Å². The van der Waals surface area contributed by atoms with Crippen LogP contribution in [0.15, 0.2) is 24.3 Å². The van der Waals surface area contributed by atoms with Crippen molar-refractivity contribution >= 4 is 28.1 Å². The highest BCUT2D eigenvalue weighted by Crippen LogP contribution is 2.28. The van der Waals surface area contributed by atoms with E-state index in [1.807, 2.05) is 24.3 Å². The first kappa shape index (κ1) is 7.67. The molecular weight excluding hydrogens is 164 g/mol. The molecule has 0 aliphatic rings. The summed E-state index contributed by atoms with van der Waals surface area (Å²) in [5.74, 6) is 0.707. The number of hydrogen-bond donors (Lipinski definition) is 3. The molecule has 0 amide bonds. The van der Waals surface area contributed by atoms with Gasteiger partial charge in [0.25, 0.3) is 0 Å². The quantitative estimate of drug-likeness (QED) is 0.555. The highest BCUT2D eigenvalue weighted by Gasteiger charge is 2.05. The van der Waals surface area contributed by atoms with Gasteiger partial charge >= 0.3 is 0 Å². The third kappa shape index (κ3) is 1.03. The summed E-state index contributed by atoms with van der Waals surface area (Å²) in [6, 6.07) is 7.51. The van der Waals surface area contributed by atoms with Crippen LogP contribution < -0.4 is 17.2 Å². The molecule has 4 nitrogen and oxygen atoms in total. The predicted octanol–water partition coefficient (Wildman–Crippen LogP) is 0.981. The topological polar surface area (TPSA) is 90.9 Å². The Bertz CT molecular complexity index is 464. The van der Waals surface area contributed by atoms with E-state index in [0.717, 1.165) is 10.8 Å². The molecule has 2 aromatic rings. The highest BCUT2D eigenvalue weighted by molar-refractivity contribution is 6.02. The van der Waals surface area contributed by atoms with E-state index in [1.165, 1.54) is 0 Å². The van der Waals surface area contributed by atoms with Gasteiger partial charge in [-0.25, -0.2) is 4.98 Å². The van der Waals surface area contributed by atoms with E-state index in [0.29, 0.717) is 11.5 Å². The number of rotatable bonds is 0. The number of anilines is 3. The number of aromatic nitrogens is 1. The van der Waals surface area contributed by atoms with Gasteiger partial charge in [-0.05, 0) is 0 Å². The SMILES string of the molecule is Nc1nc(N)c2ccccc2c1N. The zero-order valence-electron chi connectivity index (χ0n) is 6.99. The summed E-state index contributed by atoms with van der Waals surface area (Å²) in [6.07, 6.45) is 0. The van der Waals surface area contributed by atoms with E-state index >= 15 is 0 Å². The lowest BCUT2D eigenvalue weighted by Crippen LogP contribution is -2.02. The maximum absolute atomic E-state index is 5.74. The van der Waals surface area contributed by atoms with Crippen LogP contribution in [-0.2, 0) is 0 Å². The summed E-state index contributed by atoms with van der Waals surface area (Å²) >= 11 is 0. The molecule has 2 rings (SSSR count). The lowest BCUT2D eigenvalue weighted by molar-refractivity contribution is 1.37. The molecule has 0 atom stereocenters. The van der Waals surface area contributed by atoms with Crippen LogP contribution >= 0.6 is 0 Å². The fraction of sp³-hybridized carbons (Fsp3) is 0. The van der Waals surface area contributed by atoms with Gasteiger partial charge in [0.1, 0.15) is 11.6 Å². The number of pyridine rings is 1. The average molecular weight is 174 g/mol. The van der Waals surface area contributed by atoms with Crippen molar-refractivity contribution in [3.63, 3.8) is 0 Å². The molecule has 0 radical (unpaired) electrons. The molecule has 1 aromatic carbocycles. The Morgan fingerprint density at radius 1 is 0.846 bits per heavy atom. The number of nitrogens with two attached hydrogens (primary N) is 3. The van der Waals surface area contributed by atoms with E-state index in [2.05, 4.69) is 4.98 Å². The first-order valence-electron chi connectivity index (χ1n) is 3.89. The van der Waals surface area contributed by atoms with Crippen molar-refractivity contribution in [1.29, 1.82) is 0 Å². The molecule has 0 saturated heterocycles. The first-order valence-corrected chi connectivity index (χ1v) is 3.89. The molecule has 0 aliphatic carbocycles. The first-order chi connectivity index (χ1) is 6.20. The zero-order valence-corrected chi connectivity index (χ0v) is 6.99. The van der Waals surface area contributed by atoms with E-state index in [-0.39, 0.29) is 5.82 Å². The predicted molar refractivity (Wildman–Crippen MR) is 55.0 cm³/mol. The Morgan fingerprint density at radius 3 is 2.15 bits per heavy atom. The number of benzene rings is 1. The van der Waals surface area contributed by atoms with Crippen molar-refractivity contribution in [3.8, 4) is 0 Å². The van der Waals surface area contributed by atoms with E-state index in [9.17, 15) is 0 Å². The Labute approximate surface area is 75.4 Å². The van der Waals surface area contributed by atoms with E-state index in [4.69, 9.17) is 17.2 Å². The molecule has 1 aromatic heterocycles. The number of nitrogens with zero attached hydrogens (tertiary/aromatic N) is 1. The van der Waals surface area contributed by atoms with Gasteiger partial charge in [-0.15, -0.1) is 0 Å². The van der Waals surface area contributed by atoms with Crippen molar-refractivity contribution < 1.29 is 0 Å². The largest absolute Gasteiger partial charge is 0.395 e. The van der Waals surface area contributed by atoms with Crippen molar-refractivity contribution in [2.75, 3.05) is 17.2 Å². The average Bonchev–Trinajstić information content (AvgIpc) is 2.15. The van der Waals surface area contributed by atoms with Crippen LogP contribution in [-0.4, -0.2) is 4.98 Å². The van der Waals surface area contributed by atoms with Gasteiger partial charge in [0.15, 0.2) is 0 Å². The maximum Gasteiger partial charge on any atom is 0.149 e. The Balaban J connectivity index is 2.97. The van der Waals surface area contributed by atoms with Gasteiger partial charge in [0.05, 0.1) is 5.69 Å². The maximum atomic E-state index is 5.74. The number of fused-ring (bicyclic) bond motifs is 1. The minimum absolute atomic E-state index is 0.288. The van der Waals surface area contributed by atoms with Crippen LogP contribution in [0.5, 0.6) is 0 Å². The molecule has 0 spiro atoms. The van der Waals surface area contributed by atoms with E-state index in [1.54, 1.807) is 0 Å². The van der Waals surface area contributed by atoms with Gasteiger partial charge < -0.3 is 17.2 Å². The molecule has 0 fully saturated rings. The Morgan fingerprint density at radius 2 is 1.46 bits per heavy atom. The monoisotopic (exact) mass is 174 g/mol. The molecule has 0 bridgehead atoms. The second-order valence-electron chi connectivity index (χ2n) is 2.84. The van der Waals surface area contributed by atoms with Gasteiger partial charge in [-0.1, -0.05) is 24.3 Å². The van der Waals surface area contributed by atoms with Gasteiger partial charge in [-0.3, -0.25) is 0 Å². The van der Waals surface area contributed by atoms with Crippen LogP contribution in [0, 0.1) is 0 Å². The standard InChI is InChI=1S/C9H10N4/c10-7-5-3-1-2-4-6(5)8(11)13-9(7)12/h1-4H,10H2,(H4,11,12,13). The normalized spacial score (nSPS) is 10.5. The smallest absolute Gasteiger partial charge is 0.149 e. The fourth-order valence-corrected chi connectivity index (χ4v) is 1.33. The van der Waals surface area contributed by atoms with Crippen LogP contribution in [0.2, 0.25) is 0 Å². The molecule has 66 valence electrons. The second-order valence-corrected chi connectivity index (χ2v) is 2.84.